The van der Waals surface area contributed by atoms with Crippen LogP contribution < -0.4 is 10.1 Å². The van der Waals surface area contributed by atoms with Gasteiger partial charge in [-0.3, -0.25) is 4.68 Å². The van der Waals surface area contributed by atoms with Crippen molar-refractivity contribution >= 4 is 0 Å². The van der Waals surface area contributed by atoms with Crippen molar-refractivity contribution in [3.8, 4) is 5.75 Å². The second-order valence-corrected chi connectivity index (χ2v) is 4.84. The van der Waals surface area contributed by atoms with Crippen LogP contribution in [-0.2, 0) is 13.5 Å². The van der Waals surface area contributed by atoms with Gasteiger partial charge < -0.3 is 10.1 Å². The molecule has 1 aromatic carbocycles. The highest BCUT2D eigenvalue weighted by molar-refractivity contribution is 5.36. The molecule has 0 radical (unpaired) electrons. The summed E-state index contributed by atoms with van der Waals surface area (Å²) < 4.78 is 7.41. The van der Waals surface area contributed by atoms with Gasteiger partial charge in [0, 0.05) is 30.5 Å². The average molecular weight is 273 g/mol. The number of aryl methyl sites for hydroxylation is 2. The minimum absolute atomic E-state index is 0.297. The second-order valence-electron chi connectivity index (χ2n) is 4.84. The molecule has 1 N–H and O–H groups in total. The molecular weight excluding hydrogens is 250 g/mol. The molecule has 0 fully saturated rings. The highest BCUT2D eigenvalue weighted by Crippen LogP contribution is 2.27. The summed E-state index contributed by atoms with van der Waals surface area (Å²) >= 11 is 0. The van der Waals surface area contributed by atoms with Gasteiger partial charge in [0.1, 0.15) is 5.75 Å². The van der Waals surface area contributed by atoms with Crippen LogP contribution >= 0.6 is 0 Å². The van der Waals surface area contributed by atoms with Crippen LogP contribution in [0.15, 0.2) is 36.5 Å². The Hall–Kier alpha value is -1.81. The first-order valence-corrected chi connectivity index (χ1v) is 7.09. The van der Waals surface area contributed by atoms with Gasteiger partial charge in [0.2, 0.25) is 0 Å². The molecule has 0 bridgehead atoms. The molecule has 0 aliphatic heterocycles. The zero-order chi connectivity index (χ0) is 14.4. The van der Waals surface area contributed by atoms with E-state index in [0.29, 0.717) is 6.04 Å². The van der Waals surface area contributed by atoms with E-state index in [9.17, 15) is 0 Å². The number of para-hydroxylation sites is 1. The summed E-state index contributed by atoms with van der Waals surface area (Å²) in [5.41, 5.74) is 2.47. The molecule has 1 atom stereocenters. The number of rotatable bonds is 7. The molecule has 108 valence electrons. The molecule has 1 heterocycles. The maximum Gasteiger partial charge on any atom is 0.123 e. The van der Waals surface area contributed by atoms with Gasteiger partial charge in [0.05, 0.1) is 7.11 Å². The van der Waals surface area contributed by atoms with Crippen molar-refractivity contribution < 1.29 is 4.74 Å². The standard InChI is InChI=1S/C16H23N3O/c1-4-17-15(10-9-13-11-12-18-19(13)2)14-7-5-6-8-16(14)20-3/h5-8,11-12,15,17H,4,9-10H2,1-3H3. The molecule has 0 saturated carbocycles. The smallest absolute Gasteiger partial charge is 0.123 e. The minimum atomic E-state index is 0.297. The molecule has 2 aromatic rings. The van der Waals surface area contributed by atoms with Crippen molar-refractivity contribution in [2.24, 2.45) is 7.05 Å². The van der Waals surface area contributed by atoms with E-state index in [-0.39, 0.29) is 0 Å². The van der Waals surface area contributed by atoms with Crippen LogP contribution in [0.5, 0.6) is 5.75 Å². The van der Waals surface area contributed by atoms with Crippen LogP contribution in [0.2, 0.25) is 0 Å². The monoisotopic (exact) mass is 273 g/mol. The van der Waals surface area contributed by atoms with Gasteiger partial charge in [-0.15, -0.1) is 0 Å². The van der Waals surface area contributed by atoms with Crippen LogP contribution in [0.25, 0.3) is 0 Å². The highest BCUT2D eigenvalue weighted by atomic mass is 16.5. The number of nitrogens with one attached hydrogen (secondary N) is 1. The summed E-state index contributed by atoms with van der Waals surface area (Å²) in [4.78, 5) is 0. The van der Waals surface area contributed by atoms with E-state index in [1.807, 2.05) is 30.1 Å². The molecule has 0 aliphatic carbocycles. The van der Waals surface area contributed by atoms with Crippen molar-refractivity contribution in [1.29, 1.82) is 0 Å². The fraction of sp³-hybridized carbons (Fsp3) is 0.438. The molecule has 0 spiro atoms. The Morgan fingerprint density at radius 2 is 2.10 bits per heavy atom. The van der Waals surface area contributed by atoms with Crippen LogP contribution in [0.3, 0.4) is 0 Å². The van der Waals surface area contributed by atoms with Crippen LogP contribution in [0, 0.1) is 0 Å². The van der Waals surface area contributed by atoms with Gasteiger partial charge in [-0.1, -0.05) is 25.1 Å². The fourth-order valence-electron chi connectivity index (χ4n) is 2.51. The molecule has 4 heteroatoms. The van der Waals surface area contributed by atoms with Crippen molar-refractivity contribution in [3.63, 3.8) is 0 Å². The third kappa shape index (κ3) is 3.39. The molecule has 1 unspecified atom stereocenters. The first-order chi connectivity index (χ1) is 9.76. The SMILES string of the molecule is CCNC(CCc1ccnn1C)c1ccccc1OC. The predicted octanol–water partition coefficient (Wildman–Crippen LogP) is 2.71. The molecule has 0 aliphatic rings. The third-order valence-corrected chi connectivity index (χ3v) is 3.58. The second kappa shape index (κ2) is 7.10. The van der Waals surface area contributed by atoms with Crippen LogP contribution in [0.4, 0.5) is 0 Å². The normalized spacial score (nSPS) is 12.3. The van der Waals surface area contributed by atoms with Gasteiger partial charge in [0.25, 0.3) is 0 Å². The largest absolute Gasteiger partial charge is 0.496 e. The lowest BCUT2D eigenvalue weighted by Crippen LogP contribution is -2.22. The number of hydrogen-bond acceptors (Lipinski definition) is 3. The Balaban J connectivity index is 2.12. The fourth-order valence-corrected chi connectivity index (χ4v) is 2.51. The molecule has 0 amide bonds. The molecule has 1 aromatic heterocycles. The number of ether oxygens (including phenoxy) is 1. The van der Waals surface area contributed by atoms with Crippen molar-refractivity contribution in [3.05, 3.63) is 47.8 Å². The molecule has 20 heavy (non-hydrogen) atoms. The Labute approximate surface area is 120 Å². The third-order valence-electron chi connectivity index (χ3n) is 3.58. The summed E-state index contributed by atoms with van der Waals surface area (Å²) in [5.74, 6) is 0.948. The lowest BCUT2D eigenvalue weighted by molar-refractivity contribution is 0.395. The summed E-state index contributed by atoms with van der Waals surface area (Å²) in [5, 5.41) is 7.76. The quantitative estimate of drug-likeness (QED) is 0.843. The Bertz CT molecular complexity index is 536. The van der Waals surface area contributed by atoms with E-state index in [0.717, 1.165) is 25.1 Å². The van der Waals surface area contributed by atoms with E-state index < -0.39 is 0 Å². The van der Waals surface area contributed by atoms with Crippen molar-refractivity contribution in [1.82, 2.24) is 15.1 Å². The highest BCUT2D eigenvalue weighted by Gasteiger charge is 2.15. The number of benzene rings is 1. The summed E-state index contributed by atoms with van der Waals surface area (Å²) in [7, 11) is 3.71. The van der Waals surface area contributed by atoms with Crippen LogP contribution in [0.1, 0.15) is 30.6 Å². The molecule has 4 nitrogen and oxygen atoms in total. The topological polar surface area (TPSA) is 39.1 Å². The maximum atomic E-state index is 5.48. The number of nitrogens with zero attached hydrogens (tertiary/aromatic N) is 2. The first kappa shape index (κ1) is 14.6. The van der Waals surface area contributed by atoms with Crippen molar-refractivity contribution in [2.75, 3.05) is 13.7 Å². The minimum Gasteiger partial charge on any atom is -0.496 e. The lowest BCUT2D eigenvalue weighted by atomic mass is 10.00. The number of methoxy groups -OCH3 is 1. The van der Waals surface area contributed by atoms with Gasteiger partial charge in [0.15, 0.2) is 0 Å². The zero-order valence-electron chi connectivity index (χ0n) is 12.5. The summed E-state index contributed by atoms with van der Waals surface area (Å²) in [6.07, 6.45) is 3.86. The van der Waals surface area contributed by atoms with Crippen LogP contribution in [-0.4, -0.2) is 23.4 Å². The molecule has 0 saturated heterocycles. The Kier molecular flexibility index (Phi) is 5.18. The zero-order valence-corrected chi connectivity index (χ0v) is 12.5. The van der Waals surface area contributed by atoms with Gasteiger partial charge in [-0.25, -0.2) is 0 Å². The number of aromatic nitrogens is 2. The maximum absolute atomic E-state index is 5.48. The molecule has 2 rings (SSSR count). The van der Waals surface area contributed by atoms with E-state index in [4.69, 9.17) is 4.74 Å². The van der Waals surface area contributed by atoms with E-state index in [2.05, 4.69) is 35.5 Å². The van der Waals surface area contributed by atoms with Gasteiger partial charge in [-0.2, -0.15) is 5.10 Å². The summed E-state index contributed by atoms with van der Waals surface area (Å²) in [6, 6.07) is 10.6. The van der Waals surface area contributed by atoms with Gasteiger partial charge >= 0.3 is 0 Å². The predicted molar refractivity (Wildman–Crippen MR) is 80.9 cm³/mol. The number of hydrogen-bond donors (Lipinski definition) is 1. The Morgan fingerprint density at radius 3 is 2.75 bits per heavy atom. The Morgan fingerprint density at radius 1 is 1.30 bits per heavy atom. The van der Waals surface area contributed by atoms with E-state index in [1.165, 1.54) is 11.3 Å². The lowest BCUT2D eigenvalue weighted by Gasteiger charge is -2.20. The van der Waals surface area contributed by atoms with E-state index in [1.54, 1.807) is 7.11 Å². The summed E-state index contributed by atoms with van der Waals surface area (Å²) in [6.45, 7) is 3.07. The van der Waals surface area contributed by atoms with E-state index >= 15 is 0 Å². The molecular formula is C16H23N3O. The van der Waals surface area contributed by atoms with Gasteiger partial charge in [-0.05, 0) is 31.5 Å². The first-order valence-electron chi connectivity index (χ1n) is 7.09. The average Bonchev–Trinajstić information content (AvgIpc) is 2.89. The van der Waals surface area contributed by atoms with Crippen molar-refractivity contribution in [2.45, 2.75) is 25.8 Å².